The lowest BCUT2D eigenvalue weighted by Gasteiger charge is -2.35. The van der Waals surface area contributed by atoms with E-state index in [-0.39, 0.29) is 11.9 Å². The van der Waals surface area contributed by atoms with E-state index in [9.17, 15) is 4.79 Å². The molecule has 2 rings (SSSR count). The van der Waals surface area contributed by atoms with Gasteiger partial charge in [0.25, 0.3) is 5.91 Å². The van der Waals surface area contributed by atoms with Crippen LogP contribution in [0.5, 0.6) is 0 Å². The first-order valence-corrected chi connectivity index (χ1v) is 7.52. The second-order valence-electron chi connectivity index (χ2n) is 6.20. The van der Waals surface area contributed by atoms with Crippen molar-refractivity contribution in [2.75, 3.05) is 5.73 Å². The van der Waals surface area contributed by atoms with Gasteiger partial charge in [-0.3, -0.25) is 4.79 Å². The van der Waals surface area contributed by atoms with E-state index in [0.717, 1.165) is 17.3 Å². The molecule has 1 aliphatic rings. The molecule has 3 nitrogen and oxygen atoms in total. The Morgan fingerprint density at radius 3 is 2.79 bits per heavy atom. The van der Waals surface area contributed by atoms with E-state index in [1.54, 1.807) is 18.2 Å². The fourth-order valence-corrected chi connectivity index (χ4v) is 3.34. The molecular weight excluding hydrogens is 304 g/mol. The highest BCUT2D eigenvalue weighted by Crippen LogP contribution is 2.35. The van der Waals surface area contributed by atoms with Gasteiger partial charge in [-0.05, 0) is 42.9 Å². The van der Waals surface area contributed by atoms with Gasteiger partial charge in [-0.25, -0.2) is 0 Å². The lowest BCUT2D eigenvalue weighted by Crippen LogP contribution is -2.40. The van der Waals surface area contributed by atoms with E-state index in [1.165, 1.54) is 12.8 Å². The molecule has 104 valence electrons. The third-order valence-electron chi connectivity index (χ3n) is 3.72. The first-order chi connectivity index (χ1) is 8.85. The van der Waals surface area contributed by atoms with Gasteiger partial charge in [0.1, 0.15) is 0 Å². The highest BCUT2D eigenvalue weighted by atomic mass is 79.9. The van der Waals surface area contributed by atoms with E-state index in [4.69, 9.17) is 5.73 Å². The zero-order chi connectivity index (χ0) is 14.0. The predicted octanol–water partition coefficient (Wildman–Crippen LogP) is 3.73. The molecule has 1 aromatic carbocycles. The molecule has 0 aromatic heterocycles. The lowest BCUT2D eigenvalue weighted by molar-refractivity contribution is 0.0902. The number of halogens is 1. The summed E-state index contributed by atoms with van der Waals surface area (Å²) in [5, 5.41) is 3.13. The molecule has 0 heterocycles. The Kier molecular flexibility index (Phi) is 4.19. The topological polar surface area (TPSA) is 55.1 Å². The lowest BCUT2D eigenvalue weighted by atomic mass is 9.75. The molecule has 4 heteroatoms. The fourth-order valence-electron chi connectivity index (χ4n) is 2.83. The van der Waals surface area contributed by atoms with Crippen LogP contribution in [-0.2, 0) is 0 Å². The number of hydrogen-bond acceptors (Lipinski definition) is 2. The maximum Gasteiger partial charge on any atom is 0.251 e. The summed E-state index contributed by atoms with van der Waals surface area (Å²) in [6.45, 7) is 4.53. The van der Waals surface area contributed by atoms with Gasteiger partial charge in [0.2, 0.25) is 0 Å². The maximum atomic E-state index is 12.2. The van der Waals surface area contributed by atoms with Gasteiger partial charge < -0.3 is 11.1 Å². The van der Waals surface area contributed by atoms with Crippen LogP contribution in [0.4, 0.5) is 5.69 Å². The summed E-state index contributed by atoms with van der Waals surface area (Å²) in [6, 6.07) is 5.59. The zero-order valence-corrected chi connectivity index (χ0v) is 13.1. The normalized spacial score (nSPS) is 21.9. The molecule has 1 aromatic rings. The number of nitrogens with two attached hydrogens (primary N) is 1. The summed E-state index contributed by atoms with van der Waals surface area (Å²) in [6.07, 6.45) is 4.53. The Bertz CT molecular complexity index is 465. The van der Waals surface area contributed by atoms with Crippen LogP contribution in [0.3, 0.4) is 0 Å². The SMILES string of the molecule is CC1(C)CCCC(NC(=O)c2cc(N)cc(Br)c2)C1. The average molecular weight is 325 g/mol. The Hall–Kier alpha value is -1.03. The second kappa shape index (κ2) is 5.53. The summed E-state index contributed by atoms with van der Waals surface area (Å²) < 4.78 is 0.835. The summed E-state index contributed by atoms with van der Waals surface area (Å²) in [5.74, 6) is -0.0318. The Morgan fingerprint density at radius 2 is 2.16 bits per heavy atom. The minimum Gasteiger partial charge on any atom is -0.399 e. The van der Waals surface area contributed by atoms with Crippen LogP contribution in [0.15, 0.2) is 22.7 Å². The van der Waals surface area contributed by atoms with Crippen molar-refractivity contribution in [3.63, 3.8) is 0 Å². The molecule has 1 unspecified atom stereocenters. The summed E-state index contributed by atoms with van der Waals surface area (Å²) in [7, 11) is 0. The highest BCUT2D eigenvalue weighted by Gasteiger charge is 2.28. The minimum atomic E-state index is -0.0318. The number of anilines is 1. The van der Waals surface area contributed by atoms with E-state index in [1.807, 2.05) is 0 Å². The van der Waals surface area contributed by atoms with Crippen LogP contribution in [0.2, 0.25) is 0 Å². The van der Waals surface area contributed by atoms with Gasteiger partial charge in [-0.1, -0.05) is 36.2 Å². The van der Waals surface area contributed by atoms with Crippen molar-refractivity contribution < 1.29 is 4.79 Å². The molecule has 0 bridgehead atoms. The standard InChI is InChI=1S/C15H21BrN2O/c1-15(2)5-3-4-13(9-15)18-14(19)10-6-11(16)8-12(17)7-10/h6-8,13H,3-5,9,17H2,1-2H3,(H,18,19). The molecule has 1 saturated carbocycles. The second-order valence-corrected chi connectivity index (χ2v) is 7.12. The van der Waals surface area contributed by atoms with Crippen molar-refractivity contribution in [1.29, 1.82) is 0 Å². The molecule has 0 saturated heterocycles. The average Bonchev–Trinajstić information content (AvgIpc) is 2.26. The van der Waals surface area contributed by atoms with Crippen LogP contribution < -0.4 is 11.1 Å². The number of nitrogen functional groups attached to an aromatic ring is 1. The van der Waals surface area contributed by atoms with Gasteiger partial charge in [0.15, 0.2) is 0 Å². The van der Waals surface area contributed by atoms with E-state index >= 15 is 0 Å². The van der Waals surface area contributed by atoms with Crippen LogP contribution in [-0.4, -0.2) is 11.9 Å². The van der Waals surface area contributed by atoms with E-state index in [2.05, 4.69) is 35.1 Å². The van der Waals surface area contributed by atoms with Crippen molar-refractivity contribution >= 4 is 27.5 Å². The van der Waals surface area contributed by atoms with Crippen LogP contribution in [0.1, 0.15) is 49.9 Å². The maximum absolute atomic E-state index is 12.2. The van der Waals surface area contributed by atoms with Crippen molar-refractivity contribution in [2.24, 2.45) is 5.41 Å². The van der Waals surface area contributed by atoms with Gasteiger partial charge in [0.05, 0.1) is 0 Å². The van der Waals surface area contributed by atoms with Crippen LogP contribution >= 0.6 is 15.9 Å². The molecule has 0 aliphatic heterocycles. The number of rotatable bonds is 2. The molecule has 1 aliphatic carbocycles. The molecule has 1 fully saturated rings. The van der Waals surface area contributed by atoms with Gasteiger partial charge in [0, 0.05) is 21.8 Å². The van der Waals surface area contributed by atoms with Crippen LogP contribution in [0, 0.1) is 5.41 Å². The predicted molar refractivity (Wildman–Crippen MR) is 82.1 cm³/mol. The molecule has 0 spiro atoms. The third kappa shape index (κ3) is 3.96. The number of hydrogen-bond donors (Lipinski definition) is 2. The fraction of sp³-hybridized carbons (Fsp3) is 0.533. The number of carbonyl (C=O) groups excluding carboxylic acids is 1. The van der Waals surface area contributed by atoms with Gasteiger partial charge in [-0.15, -0.1) is 0 Å². The smallest absolute Gasteiger partial charge is 0.251 e. The number of benzene rings is 1. The first-order valence-electron chi connectivity index (χ1n) is 6.73. The van der Waals surface area contributed by atoms with Crippen molar-refractivity contribution in [1.82, 2.24) is 5.32 Å². The molecule has 1 atom stereocenters. The third-order valence-corrected chi connectivity index (χ3v) is 4.18. The number of nitrogens with one attached hydrogen (secondary N) is 1. The molecule has 0 radical (unpaired) electrons. The van der Waals surface area contributed by atoms with Gasteiger partial charge >= 0.3 is 0 Å². The summed E-state index contributed by atoms with van der Waals surface area (Å²) in [4.78, 5) is 12.2. The largest absolute Gasteiger partial charge is 0.399 e. The van der Waals surface area contributed by atoms with Gasteiger partial charge in [-0.2, -0.15) is 0 Å². The molecule has 19 heavy (non-hydrogen) atoms. The summed E-state index contributed by atoms with van der Waals surface area (Å²) >= 11 is 3.36. The molecule has 3 N–H and O–H groups in total. The Morgan fingerprint density at radius 1 is 1.42 bits per heavy atom. The van der Waals surface area contributed by atoms with Crippen molar-refractivity contribution in [3.05, 3.63) is 28.2 Å². The van der Waals surface area contributed by atoms with E-state index in [0.29, 0.717) is 16.7 Å². The minimum absolute atomic E-state index is 0.0318. The van der Waals surface area contributed by atoms with Crippen molar-refractivity contribution in [2.45, 2.75) is 45.6 Å². The molecule has 1 amide bonds. The monoisotopic (exact) mass is 324 g/mol. The zero-order valence-electron chi connectivity index (χ0n) is 11.5. The number of amides is 1. The first kappa shape index (κ1) is 14.4. The van der Waals surface area contributed by atoms with E-state index < -0.39 is 0 Å². The summed E-state index contributed by atoms with van der Waals surface area (Å²) in [5.41, 5.74) is 7.31. The van der Waals surface area contributed by atoms with Crippen molar-refractivity contribution in [3.8, 4) is 0 Å². The Balaban J connectivity index is 2.04. The van der Waals surface area contributed by atoms with Crippen LogP contribution in [0.25, 0.3) is 0 Å². The quantitative estimate of drug-likeness (QED) is 0.814. The molecular formula is C15H21BrN2O. The highest BCUT2D eigenvalue weighted by molar-refractivity contribution is 9.10. The number of carbonyl (C=O) groups is 1. The Labute approximate surface area is 123 Å².